The fourth-order valence-corrected chi connectivity index (χ4v) is 3.01. The molecule has 1 amide bonds. The Morgan fingerprint density at radius 1 is 1.40 bits per heavy atom. The lowest BCUT2D eigenvalue weighted by Crippen LogP contribution is -2.33. The molecule has 2 atom stereocenters. The van der Waals surface area contributed by atoms with E-state index < -0.39 is 6.10 Å². The van der Waals surface area contributed by atoms with Crippen LogP contribution < -0.4 is 5.32 Å². The van der Waals surface area contributed by atoms with Gasteiger partial charge in [0.2, 0.25) is 5.91 Å². The maximum Gasteiger partial charge on any atom is 0.220 e. The summed E-state index contributed by atoms with van der Waals surface area (Å²) in [5.74, 6) is 0.839. The van der Waals surface area contributed by atoms with E-state index in [1.807, 2.05) is 6.07 Å². The first-order valence-electron chi connectivity index (χ1n) is 7.58. The van der Waals surface area contributed by atoms with Gasteiger partial charge in [0.15, 0.2) is 0 Å². The summed E-state index contributed by atoms with van der Waals surface area (Å²) >= 11 is 0. The Kier molecular flexibility index (Phi) is 5.18. The average Bonchev–Trinajstić information content (AvgIpc) is 2.79. The highest BCUT2D eigenvalue weighted by molar-refractivity contribution is 5.77. The van der Waals surface area contributed by atoms with Crippen LogP contribution in [0.5, 0.6) is 0 Å². The predicted octanol–water partition coefficient (Wildman–Crippen LogP) is 2.63. The Morgan fingerprint density at radius 3 is 2.90 bits per heavy atom. The van der Waals surface area contributed by atoms with Crippen LogP contribution in [0.25, 0.3) is 0 Å². The number of carbonyl (C=O) groups excluding carboxylic acids is 1. The third kappa shape index (κ3) is 4.07. The minimum atomic E-state index is -0.435. The molecule has 0 aromatic heterocycles. The number of aliphatic hydroxyl groups excluding tert-OH is 1. The van der Waals surface area contributed by atoms with Crippen LogP contribution in [-0.2, 0) is 11.2 Å². The fourth-order valence-electron chi connectivity index (χ4n) is 3.01. The van der Waals surface area contributed by atoms with Gasteiger partial charge in [0, 0.05) is 13.0 Å². The zero-order valence-electron chi connectivity index (χ0n) is 12.4. The van der Waals surface area contributed by atoms with Gasteiger partial charge in [-0.25, -0.2) is 0 Å². The molecule has 0 saturated carbocycles. The number of carbonyl (C=O) groups is 1. The van der Waals surface area contributed by atoms with Gasteiger partial charge < -0.3 is 10.4 Å². The van der Waals surface area contributed by atoms with E-state index in [-0.39, 0.29) is 5.91 Å². The van der Waals surface area contributed by atoms with Gasteiger partial charge in [-0.1, -0.05) is 38.1 Å². The summed E-state index contributed by atoms with van der Waals surface area (Å²) in [5, 5.41) is 12.6. The summed E-state index contributed by atoms with van der Waals surface area (Å²) < 4.78 is 0. The minimum Gasteiger partial charge on any atom is -0.391 e. The number of nitrogens with one attached hydrogen (secondary N) is 1. The molecule has 2 unspecified atom stereocenters. The monoisotopic (exact) mass is 275 g/mol. The SMILES string of the molecule is CC(C)CC(O)CNC(=O)CC1CCc2ccccc21. The number of benzene rings is 1. The summed E-state index contributed by atoms with van der Waals surface area (Å²) in [7, 11) is 0. The largest absolute Gasteiger partial charge is 0.391 e. The van der Waals surface area contributed by atoms with Crippen molar-refractivity contribution < 1.29 is 9.90 Å². The van der Waals surface area contributed by atoms with Crippen LogP contribution >= 0.6 is 0 Å². The molecule has 2 N–H and O–H groups in total. The average molecular weight is 275 g/mol. The van der Waals surface area contributed by atoms with Crippen molar-refractivity contribution in [2.75, 3.05) is 6.54 Å². The van der Waals surface area contributed by atoms with Crippen LogP contribution in [0.15, 0.2) is 24.3 Å². The molecule has 3 nitrogen and oxygen atoms in total. The van der Waals surface area contributed by atoms with Crippen molar-refractivity contribution >= 4 is 5.91 Å². The number of aliphatic hydroxyl groups is 1. The molecule has 110 valence electrons. The van der Waals surface area contributed by atoms with E-state index in [1.54, 1.807) is 0 Å². The van der Waals surface area contributed by atoms with E-state index in [0.29, 0.717) is 24.8 Å². The van der Waals surface area contributed by atoms with Crippen molar-refractivity contribution in [2.45, 2.75) is 51.6 Å². The first-order valence-corrected chi connectivity index (χ1v) is 7.58. The summed E-state index contributed by atoms with van der Waals surface area (Å²) in [6.07, 6.45) is 2.96. The summed E-state index contributed by atoms with van der Waals surface area (Å²) in [6, 6.07) is 8.39. The van der Waals surface area contributed by atoms with Crippen LogP contribution in [-0.4, -0.2) is 23.7 Å². The highest BCUT2D eigenvalue weighted by Gasteiger charge is 2.24. The molecule has 0 spiro atoms. The first-order chi connectivity index (χ1) is 9.56. The van der Waals surface area contributed by atoms with Gasteiger partial charge in [-0.15, -0.1) is 0 Å². The minimum absolute atomic E-state index is 0.0505. The first kappa shape index (κ1) is 15.0. The van der Waals surface area contributed by atoms with Gasteiger partial charge in [-0.2, -0.15) is 0 Å². The van der Waals surface area contributed by atoms with Crippen LogP contribution in [0, 0.1) is 5.92 Å². The lowest BCUT2D eigenvalue weighted by molar-refractivity contribution is -0.122. The van der Waals surface area contributed by atoms with Gasteiger partial charge in [-0.05, 0) is 42.2 Å². The third-order valence-corrected chi connectivity index (χ3v) is 3.97. The van der Waals surface area contributed by atoms with Crippen LogP contribution in [0.2, 0.25) is 0 Å². The Hall–Kier alpha value is -1.35. The number of hydrogen-bond donors (Lipinski definition) is 2. The molecule has 20 heavy (non-hydrogen) atoms. The maximum absolute atomic E-state index is 12.0. The molecule has 2 rings (SSSR count). The second-order valence-corrected chi connectivity index (χ2v) is 6.23. The second-order valence-electron chi connectivity index (χ2n) is 6.23. The van der Waals surface area contributed by atoms with E-state index in [0.717, 1.165) is 19.3 Å². The Balaban J connectivity index is 1.79. The quantitative estimate of drug-likeness (QED) is 0.838. The van der Waals surface area contributed by atoms with Gasteiger partial charge in [0.1, 0.15) is 0 Å². The summed E-state index contributed by atoms with van der Waals surface area (Å²) in [6.45, 7) is 4.51. The third-order valence-electron chi connectivity index (χ3n) is 3.97. The molecule has 0 aliphatic heterocycles. The standard InChI is InChI=1S/C17H25NO2/c1-12(2)9-15(19)11-18-17(20)10-14-8-7-13-5-3-4-6-16(13)14/h3-6,12,14-15,19H,7-11H2,1-2H3,(H,18,20). The van der Waals surface area contributed by atoms with E-state index in [4.69, 9.17) is 0 Å². The number of rotatable bonds is 6. The molecule has 1 aromatic rings. The summed E-state index contributed by atoms with van der Waals surface area (Å²) in [4.78, 5) is 12.0. The molecular weight excluding hydrogens is 250 g/mol. The molecule has 1 aliphatic rings. The molecule has 3 heteroatoms. The Labute approximate surface area is 121 Å². The number of amides is 1. The molecule has 1 aromatic carbocycles. The number of aryl methyl sites for hydroxylation is 1. The van der Waals surface area contributed by atoms with Gasteiger partial charge in [-0.3, -0.25) is 4.79 Å². The van der Waals surface area contributed by atoms with Gasteiger partial charge >= 0.3 is 0 Å². The Morgan fingerprint density at radius 2 is 2.15 bits per heavy atom. The van der Waals surface area contributed by atoms with Crippen LogP contribution in [0.1, 0.15) is 50.2 Å². The molecule has 0 bridgehead atoms. The molecule has 0 fully saturated rings. The van der Waals surface area contributed by atoms with Crippen molar-refractivity contribution in [3.05, 3.63) is 35.4 Å². The zero-order chi connectivity index (χ0) is 14.5. The lowest BCUT2D eigenvalue weighted by Gasteiger charge is -2.15. The van der Waals surface area contributed by atoms with Crippen molar-refractivity contribution in [2.24, 2.45) is 5.92 Å². The van der Waals surface area contributed by atoms with Crippen molar-refractivity contribution in [1.29, 1.82) is 0 Å². The van der Waals surface area contributed by atoms with Crippen molar-refractivity contribution in [1.82, 2.24) is 5.32 Å². The highest BCUT2D eigenvalue weighted by atomic mass is 16.3. The van der Waals surface area contributed by atoms with E-state index >= 15 is 0 Å². The van der Waals surface area contributed by atoms with Crippen LogP contribution in [0.4, 0.5) is 0 Å². The topological polar surface area (TPSA) is 49.3 Å². The van der Waals surface area contributed by atoms with E-state index in [9.17, 15) is 9.90 Å². The highest BCUT2D eigenvalue weighted by Crippen LogP contribution is 2.34. The normalized spacial score (nSPS) is 18.9. The Bertz CT molecular complexity index is 456. The summed E-state index contributed by atoms with van der Waals surface area (Å²) in [5.41, 5.74) is 2.70. The lowest BCUT2D eigenvalue weighted by atomic mass is 9.97. The molecule has 1 aliphatic carbocycles. The zero-order valence-corrected chi connectivity index (χ0v) is 12.4. The van der Waals surface area contributed by atoms with E-state index in [1.165, 1.54) is 11.1 Å². The van der Waals surface area contributed by atoms with Gasteiger partial charge in [0.25, 0.3) is 0 Å². The fraction of sp³-hybridized carbons (Fsp3) is 0.588. The smallest absolute Gasteiger partial charge is 0.220 e. The van der Waals surface area contributed by atoms with E-state index in [2.05, 4.69) is 37.4 Å². The van der Waals surface area contributed by atoms with Crippen molar-refractivity contribution in [3.63, 3.8) is 0 Å². The molecule has 0 heterocycles. The molecule has 0 radical (unpaired) electrons. The molecular formula is C17H25NO2. The molecule has 0 saturated heterocycles. The van der Waals surface area contributed by atoms with Gasteiger partial charge in [0.05, 0.1) is 6.10 Å². The van der Waals surface area contributed by atoms with Crippen LogP contribution in [0.3, 0.4) is 0 Å². The number of hydrogen-bond acceptors (Lipinski definition) is 2. The maximum atomic E-state index is 12.0. The number of fused-ring (bicyclic) bond motifs is 1. The van der Waals surface area contributed by atoms with Crippen molar-refractivity contribution in [3.8, 4) is 0 Å². The second kappa shape index (κ2) is 6.89. The predicted molar refractivity (Wildman–Crippen MR) is 80.6 cm³/mol.